The zero-order valence-electron chi connectivity index (χ0n) is 19.1. The molecule has 0 spiro atoms. The van der Waals surface area contributed by atoms with E-state index in [0.29, 0.717) is 23.2 Å². The van der Waals surface area contributed by atoms with Crippen LogP contribution in [0, 0.1) is 11.3 Å². The van der Waals surface area contributed by atoms with Crippen molar-refractivity contribution < 1.29 is 4.74 Å². The molecular weight excluding hydrogens is 508 g/mol. The SMILES string of the molecule is CCN1CCN(c2nc(Nc3ccc(C#N)cc3)nc(Oc3ccnc4ccc(Br)cc34)n2)CC1. The van der Waals surface area contributed by atoms with Gasteiger partial charge >= 0.3 is 6.01 Å². The molecule has 1 N–H and O–H groups in total. The highest BCUT2D eigenvalue weighted by molar-refractivity contribution is 9.10. The number of benzene rings is 2. The van der Waals surface area contributed by atoms with Crippen molar-refractivity contribution in [3.8, 4) is 17.8 Å². The molecule has 1 fully saturated rings. The summed E-state index contributed by atoms with van der Waals surface area (Å²) in [6.45, 7) is 6.72. The van der Waals surface area contributed by atoms with Gasteiger partial charge in [-0.3, -0.25) is 4.98 Å². The molecule has 1 aliphatic rings. The number of fused-ring (bicyclic) bond motifs is 1. The Labute approximate surface area is 211 Å². The zero-order valence-corrected chi connectivity index (χ0v) is 20.7. The maximum Gasteiger partial charge on any atom is 0.328 e. The van der Waals surface area contributed by atoms with Gasteiger partial charge in [0.15, 0.2) is 0 Å². The molecule has 0 saturated carbocycles. The van der Waals surface area contributed by atoms with E-state index < -0.39 is 0 Å². The van der Waals surface area contributed by atoms with Gasteiger partial charge in [0.05, 0.1) is 17.1 Å². The summed E-state index contributed by atoms with van der Waals surface area (Å²) in [6, 6.07) is 17.1. The summed E-state index contributed by atoms with van der Waals surface area (Å²) in [5.41, 5.74) is 2.16. The molecule has 2 aromatic heterocycles. The van der Waals surface area contributed by atoms with Gasteiger partial charge in [0, 0.05) is 47.9 Å². The van der Waals surface area contributed by atoms with Gasteiger partial charge in [-0.1, -0.05) is 22.9 Å². The number of pyridine rings is 1. The summed E-state index contributed by atoms with van der Waals surface area (Å²) in [4.78, 5) is 22.8. The lowest BCUT2D eigenvalue weighted by atomic mass is 10.2. The van der Waals surface area contributed by atoms with Crippen LogP contribution in [0.15, 0.2) is 59.2 Å². The zero-order chi connectivity index (χ0) is 24.2. The minimum absolute atomic E-state index is 0.191. The molecule has 10 heteroatoms. The number of hydrogen-bond donors (Lipinski definition) is 1. The van der Waals surface area contributed by atoms with E-state index in [-0.39, 0.29) is 6.01 Å². The van der Waals surface area contributed by atoms with Crippen LogP contribution in [0.5, 0.6) is 11.8 Å². The monoisotopic (exact) mass is 530 g/mol. The van der Waals surface area contributed by atoms with Crippen LogP contribution in [0.3, 0.4) is 0 Å². The van der Waals surface area contributed by atoms with E-state index in [1.165, 1.54) is 0 Å². The molecule has 1 saturated heterocycles. The third-order valence-corrected chi connectivity index (χ3v) is 6.33. The molecular formula is C25H23BrN8O. The van der Waals surface area contributed by atoms with Crippen LogP contribution in [0.25, 0.3) is 10.9 Å². The summed E-state index contributed by atoms with van der Waals surface area (Å²) < 4.78 is 7.12. The van der Waals surface area contributed by atoms with E-state index in [4.69, 9.17) is 10.00 Å². The van der Waals surface area contributed by atoms with Crippen LogP contribution in [0.4, 0.5) is 17.6 Å². The molecule has 5 rings (SSSR count). The topological polar surface area (TPSA) is 103 Å². The molecule has 0 bridgehead atoms. The van der Waals surface area contributed by atoms with E-state index in [1.54, 1.807) is 24.4 Å². The summed E-state index contributed by atoms with van der Waals surface area (Å²) in [7, 11) is 0. The molecule has 4 aromatic rings. The summed E-state index contributed by atoms with van der Waals surface area (Å²) in [6.07, 6.45) is 1.70. The van der Waals surface area contributed by atoms with Crippen molar-refractivity contribution in [1.29, 1.82) is 5.26 Å². The predicted octanol–water partition coefficient (Wildman–Crippen LogP) is 4.73. The minimum Gasteiger partial charge on any atom is -0.423 e. The Kier molecular flexibility index (Phi) is 6.70. The molecule has 0 radical (unpaired) electrons. The highest BCUT2D eigenvalue weighted by atomic mass is 79.9. The highest BCUT2D eigenvalue weighted by Gasteiger charge is 2.21. The number of likely N-dealkylation sites (N-methyl/N-ethyl adjacent to an activating group) is 1. The number of halogens is 1. The van der Waals surface area contributed by atoms with Gasteiger partial charge in [0.25, 0.3) is 0 Å². The molecule has 0 unspecified atom stereocenters. The molecule has 0 aliphatic carbocycles. The Hall–Kier alpha value is -3.81. The number of nitrogens with zero attached hydrogens (tertiary/aromatic N) is 7. The maximum absolute atomic E-state index is 9.07. The average Bonchev–Trinajstić information content (AvgIpc) is 2.89. The lowest BCUT2D eigenvalue weighted by molar-refractivity contribution is 0.269. The number of piperazine rings is 1. The second-order valence-corrected chi connectivity index (χ2v) is 8.97. The number of aromatic nitrogens is 4. The van der Waals surface area contributed by atoms with Crippen molar-refractivity contribution in [3.63, 3.8) is 0 Å². The van der Waals surface area contributed by atoms with Gasteiger partial charge < -0.3 is 19.9 Å². The number of ether oxygens (including phenoxy) is 1. The van der Waals surface area contributed by atoms with Crippen molar-refractivity contribution in [2.75, 3.05) is 42.9 Å². The first-order valence-electron chi connectivity index (χ1n) is 11.3. The van der Waals surface area contributed by atoms with Gasteiger partial charge in [-0.05, 0) is 55.1 Å². The average molecular weight is 531 g/mol. The van der Waals surface area contributed by atoms with Crippen LogP contribution in [0.2, 0.25) is 0 Å². The lowest BCUT2D eigenvalue weighted by Crippen LogP contribution is -2.46. The molecule has 9 nitrogen and oxygen atoms in total. The van der Waals surface area contributed by atoms with E-state index in [1.807, 2.05) is 30.3 Å². The Bertz CT molecular complexity index is 1380. The van der Waals surface area contributed by atoms with Crippen LogP contribution in [0.1, 0.15) is 12.5 Å². The van der Waals surface area contributed by atoms with Crippen LogP contribution < -0.4 is 15.0 Å². The van der Waals surface area contributed by atoms with Gasteiger partial charge in [0.2, 0.25) is 11.9 Å². The first kappa shape index (κ1) is 23.0. The van der Waals surface area contributed by atoms with Gasteiger partial charge in [-0.2, -0.15) is 20.2 Å². The number of rotatable bonds is 6. The molecule has 1 aliphatic heterocycles. The molecule has 176 valence electrons. The first-order chi connectivity index (χ1) is 17.1. The number of nitriles is 1. The normalized spacial score (nSPS) is 14.0. The van der Waals surface area contributed by atoms with Crippen molar-refractivity contribution >= 4 is 44.4 Å². The third-order valence-electron chi connectivity index (χ3n) is 5.84. The molecule has 3 heterocycles. The van der Waals surface area contributed by atoms with Crippen molar-refractivity contribution in [3.05, 3.63) is 64.8 Å². The summed E-state index contributed by atoms with van der Waals surface area (Å²) >= 11 is 3.52. The quantitative estimate of drug-likeness (QED) is 0.378. The lowest BCUT2D eigenvalue weighted by Gasteiger charge is -2.34. The van der Waals surface area contributed by atoms with Crippen molar-refractivity contribution in [2.24, 2.45) is 0 Å². The number of nitrogens with one attached hydrogen (secondary N) is 1. The Morgan fingerprint density at radius 2 is 1.83 bits per heavy atom. The number of hydrogen-bond acceptors (Lipinski definition) is 9. The Morgan fingerprint density at radius 3 is 2.57 bits per heavy atom. The second kappa shape index (κ2) is 10.2. The second-order valence-electron chi connectivity index (χ2n) is 8.05. The van der Waals surface area contributed by atoms with Gasteiger partial charge in [0.1, 0.15) is 5.75 Å². The molecule has 35 heavy (non-hydrogen) atoms. The van der Waals surface area contributed by atoms with Crippen LogP contribution >= 0.6 is 15.9 Å². The first-order valence-corrected chi connectivity index (χ1v) is 12.1. The molecule has 0 amide bonds. The van der Waals surface area contributed by atoms with Gasteiger partial charge in [-0.25, -0.2) is 0 Å². The fourth-order valence-corrected chi connectivity index (χ4v) is 4.25. The Morgan fingerprint density at radius 1 is 1.03 bits per heavy atom. The fourth-order valence-electron chi connectivity index (χ4n) is 3.89. The van der Waals surface area contributed by atoms with E-state index in [0.717, 1.165) is 53.8 Å². The standard InChI is InChI=1S/C25H23BrN8O/c1-2-33-11-13-34(14-12-33)24-30-23(29-19-6-3-17(16-27)4-7-19)31-25(32-24)35-22-9-10-28-21-8-5-18(26)15-20(21)22/h3-10,15H,2,11-14H2,1H3,(H,29,30,31,32). The Balaban J connectivity index is 1.49. The van der Waals surface area contributed by atoms with E-state index in [2.05, 4.69) is 64.0 Å². The summed E-state index contributed by atoms with van der Waals surface area (Å²) in [5.74, 6) is 1.53. The third kappa shape index (κ3) is 5.31. The van der Waals surface area contributed by atoms with Crippen LogP contribution in [-0.4, -0.2) is 57.6 Å². The maximum atomic E-state index is 9.07. The fraction of sp³-hybridized carbons (Fsp3) is 0.240. The highest BCUT2D eigenvalue weighted by Crippen LogP contribution is 2.30. The van der Waals surface area contributed by atoms with E-state index >= 15 is 0 Å². The van der Waals surface area contributed by atoms with Crippen molar-refractivity contribution in [2.45, 2.75) is 6.92 Å². The molecule has 2 aromatic carbocycles. The molecule has 0 atom stereocenters. The smallest absolute Gasteiger partial charge is 0.328 e. The predicted molar refractivity (Wildman–Crippen MR) is 138 cm³/mol. The van der Waals surface area contributed by atoms with E-state index in [9.17, 15) is 0 Å². The minimum atomic E-state index is 0.191. The van der Waals surface area contributed by atoms with Crippen molar-refractivity contribution in [1.82, 2.24) is 24.8 Å². The largest absolute Gasteiger partial charge is 0.423 e. The number of anilines is 3. The van der Waals surface area contributed by atoms with Crippen LogP contribution in [-0.2, 0) is 0 Å². The van der Waals surface area contributed by atoms with Gasteiger partial charge in [-0.15, -0.1) is 0 Å². The summed E-state index contributed by atoms with van der Waals surface area (Å²) in [5, 5.41) is 13.1.